The molecule has 154 valence electrons. The molecule has 0 aromatic carbocycles. The third-order valence-corrected chi connectivity index (χ3v) is 4.20. The number of anilines is 1. The van der Waals surface area contributed by atoms with Gasteiger partial charge in [0.15, 0.2) is 5.96 Å². The van der Waals surface area contributed by atoms with E-state index in [-0.39, 0.29) is 29.9 Å². The molecular weight excluding hydrogens is 469 g/mol. The molecule has 3 N–H and O–H groups in total. The van der Waals surface area contributed by atoms with Crippen LogP contribution in [0.25, 0.3) is 0 Å². The lowest BCUT2D eigenvalue weighted by molar-refractivity contribution is -0.116. The van der Waals surface area contributed by atoms with Crippen molar-refractivity contribution >= 4 is 41.7 Å². The van der Waals surface area contributed by atoms with E-state index in [1.54, 1.807) is 6.07 Å². The average molecular weight is 499 g/mol. The summed E-state index contributed by atoms with van der Waals surface area (Å²) >= 11 is 0. The number of aromatic nitrogens is 3. The molecule has 8 nitrogen and oxygen atoms in total. The molecule has 2 aromatic heterocycles. The zero-order valence-electron chi connectivity index (χ0n) is 17.2. The predicted octanol–water partition coefficient (Wildman–Crippen LogP) is 2.44. The van der Waals surface area contributed by atoms with Crippen LogP contribution >= 0.6 is 24.0 Å². The Balaban J connectivity index is 0.00000392. The molecule has 0 unspecified atom stereocenters. The highest BCUT2D eigenvalue weighted by molar-refractivity contribution is 14.0. The van der Waals surface area contributed by atoms with E-state index in [9.17, 15) is 4.79 Å². The van der Waals surface area contributed by atoms with Crippen molar-refractivity contribution in [3.05, 3.63) is 40.8 Å². The van der Waals surface area contributed by atoms with Crippen LogP contribution in [0.4, 0.5) is 5.82 Å². The van der Waals surface area contributed by atoms with E-state index < -0.39 is 0 Å². The number of nitrogens with zero attached hydrogens (tertiary/aromatic N) is 4. The minimum Gasteiger partial charge on any atom is -0.357 e. The van der Waals surface area contributed by atoms with Crippen molar-refractivity contribution in [3.63, 3.8) is 0 Å². The van der Waals surface area contributed by atoms with Gasteiger partial charge in [-0.2, -0.15) is 5.10 Å². The summed E-state index contributed by atoms with van der Waals surface area (Å²) in [5.41, 5.74) is 4.09. The molecule has 0 saturated carbocycles. The van der Waals surface area contributed by atoms with Crippen LogP contribution in [0, 0.1) is 20.8 Å². The number of hydrogen-bond acceptors (Lipinski definition) is 4. The van der Waals surface area contributed by atoms with Crippen molar-refractivity contribution in [1.29, 1.82) is 0 Å². The van der Waals surface area contributed by atoms with E-state index in [0.717, 1.165) is 29.2 Å². The standard InChI is InChI=1S/C19H29N7O.HI/c1-6-20-19(22-12-16-14(3)25-26(5)15(16)4)21-11-10-18(27)24-17-9-7-8-13(2)23-17;/h7-9H,6,10-12H2,1-5H3,(H2,20,21,22)(H,23,24,27);1H. The van der Waals surface area contributed by atoms with Gasteiger partial charge < -0.3 is 16.0 Å². The normalized spacial score (nSPS) is 11.0. The Kier molecular flexibility index (Phi) is 9.91. The Morgan fingerprint density at radius 1 is 1.21 bits per heavy atom. The molecule has 2 heterocycles. The molecule has 0 bridgehead atoms. The molecule has 0 aliphatic carbocycles. The fourth-order valence-corrected chi connectivity index (χ4v) is 2.66. The third kappa shape index (κ3) is 7.10. The number of amides is 1. The maximum absolute atomic E-state index is 12.1. The second kappa shape index (κ2) is 11.6. The van der Waals surface area contributed by atoms with Crippen LogP contribution < -0.4 is 16.0 Å². The molecule has 9 heteroatoms. The molecular formula is C19H30IN7O. The fourth-order valence-electron chi connectivity index (χ4n) is 2.66. The highest BCUT2D eigenvalue weighted by Gasteiger charge is 2.09. The molecule has 0 aliphatic heterocycles. The largest absolute Gasteiger partial charge is 0.357 e. The lowest BCUT2D eigenvalue weighted by Crippen LogP contribution is -2.38. The number of carbonyl (C=O) groups excluding carboxylic acids is 1. The van der Waals surface area contributed by atoms with Gasteiger partial charge in [-0.1, -0.05) is 6.07 Å². The second-order valence-electron chi connectivity index (χ2n) is 6.36. The lowest BCUT2D eigenvalue weighted by Gasteiger charge is -2.11. The quantitative estimate of drug-likeness (QED) is 0.309. The minimum atomic E-state index is -0.0876. The average Bonchev–Trinajstić information content (AvgIpc) is 2.85. The van der Waals surface area contributed by atoms with Gasteiger partial charge in [0.25, 0.3) is 0 Å². The van der Waals surface area contributed by atoms with E-state index in [4.69, 9.17) is 0 Å². The first-order valence-electron chi connectivity index (χ1n) is 9.15. The van der Waals surface area contributed by atoms with Crippen molar-refractivity contribution in [2.75, 3.05) is 18.4 Å². The number of rotatable bonds is 7. The number of aryl methyl sites for hydroxylation is 3. The third-order valence-electron chi connectivity index (χ3n) is 4.20. The van der Waals surface area contributed by atoms with Crippen LogP contribution in [0.3, 0.4) is 0 Å². The number of halogens is 1. The monoisotopic (exact) mass is 499 g/mol. The summed E-state index contributed by atoms with van der Waals surface area (Å²) in [5, 5.41) is 13.6. The van der Waals surface area contributed by atoms with E-state index in [2.05, 4.69) is 31.0 Å². The van der Waals surface area contributed by atoms with Crippen molar-refractivity contribution in [1.82, 2.24) is 25.4 Å². The Hall–Kier alpha value is -2.17. The molecule has 2 aromatic rings. The number of pyridine rings is 1. The van der Waals surface area contributed by atoms with Crippen molar-refractivity contribution < 1.29 is 4.79 Å². The van der Waals surface area contributed by atoms with Gasteiger partial charge in [-0.25, -0.2) is 9.98 Å². The SMILES string of the molecule is CCNC(=NCc1c(C)nn(C)c1C)NCCC(=O)Nc1cccc(C)n1.I. The Morgan fingerprint density at radius 3 is 2.57 bits per heavy atom. The molecule has 28 heavy (non-hydrogen) atoms. The van der Waals surface area contributed by atoms with E-state index in [0.29, 0.717) is 31.3 Å². The van der Waals surface area contributed by atoms with Gasteiger partial charge in [0, 0.05) is 43.5 Å². The summed E-state index contributed by atoms with van der Waals surface area (Å²) in [6, 6.07) is 5.54. The molecule has 2 rings (SSSR count). The summed E-state index contributed by atoms with van der Waals surface area (Å²) in [5.74, 6) is 1.17. The first kappa shape index (κ1) is 23.9. The van der Waals surface area contributed by atoms with Crippen LogP contribution in [-0.2, 0) is 18.4 Å². The topological polar surface area (TPSA) is 96.2 Å². The Labute approximate surface area is 183 Å². The maximum Gasteiger partial charge on any atom is 0.227 e. The van der Waals surface area contributed by atoms with Gasteiger partial charge in [-0.15, -0.1) is 24.0 Å². The van der Waals surface area contributed by atoms with E-state index in [1.807, 2.05) is 51.6 Å². The van der Waals surface area contributed by atoms with Gasteiger partial charge >= 0.3 is 0 Å². The molecule has 0 fully saturated rings. The molecule has 1 amide bonds. The lowest BCUT2D eigenvalue weighted by atomic mass is 10.2. The molecule has 0 spiro atoms. The first-order valence-corrected chi connectivity index (χ1v) is 9.15. The number of hydrogen-bond donors (Lipinski definition) is 3. The summed E-state index contributed by atoms with van der Waals surface area (Å²) < 4.78 is 1.87. The van der Waals surface area contributed by atoms with E-state index >= 15 is 0 Å². The second-order valence-corrected chi connectivity index (χ2v) is 6.36. The molecule has 0 radical (unpaired) electrons. The summed E-state index contributed by atoms with van der Waals surface area (Å²) in [4.78, 5) is 21.0. The zero-order valence-corrected chi connectivity index (χ0v) is 19.5. The summed E-state index contributed by atoms with van der Waals surface area (Å²) in [6.07, 6.45) is 0.324. The maximum atomic E-state index is 12.1. The number of aliphatic imine (C=N–C) groups is 1. The zero-order chi connectivity index (χ0) is 19.8. The van der Waals surface area contributed by atoms with Crippen LogP contribution in [-0.4, -0.2) is 39.7 Å². The van der Waals surface area contributed by atoms with Crippen LogP contribution in [0.1, 0.15) is 36.0 Å². The smallest absolute Gasteiger partial charge is 0.227 e. The molecule has 0 atom stereocenters. The van der Waals surface area contributed by atoms with Gasteiger partial charge in [0.1, 0.15) is 5.82 Å². The highest BCUT2D eigenvalue weighted by Crippen LogP contribution is 2.12. The number of nitrogens with one attached hydrogen (secondary N) is 3. The van der Waals surface area contributed by atoms with E-state index in [1.165, 1.54) is 0 Å². The first-order chi connectivity index (χ1) is 12.9. The van der Waals surface area contributed by atoms with Crippen molar-refractivity contribution in [2.45, 2.75) is 40.7 Å². The predicted molar refractivity (Wildman–Crippen MR) is 123 cm³/mol. The molecule has 0 aliphatic rings. The minimum absolute atomic E-state index is 0. The fraction of sp³-hybridized carbons (Fsp3) is 0.474. The summed E-state index contributed by atoms with van der Waals surface area (Å²) in [6.45, 7) is 9.69. The summed E-state index contributed by atoms with van der Waals surface area (Å²) in [7, 11) is 1.93. The van der Waals surface area contributed by atoms with Crippen molar-refractivity contribution in [2.24, 2.45) is 12.0 Å². The molecule has 0 saturated heterocycles. The van der Waals surface area contributed by atoms with Gasteiger partial charge in [0.2, 0.25) is 5.91 Å². The van der Waals surface area contributed by atoms with Crippen LogP contribution in [0.2, 0.25) is 0 Å². The number of guanidine groups is 1. The van der Waals surface area contributed by atoms with Crippen molar-refractivity contribution in [3.8, 4) is 0 Å². The van der Waals surface area contributed by atoms with Gasteiger partial charge in [0.05, 0.1) is 12.2 Å². The van der Waals surface area contributed by atoms with Crippen LogP contribution in [0.5, 0.6) is 0 Å². The van der Waals surface area contributed by atoms with Gasteiger partial charge in [-0.05, 0) is 39.8 Å². The van der Waals surface area contributed by atoms with Crippen LogP contribution in [0.15, 0.2) is 23.2 Å². The Morgan fingerprint density at radius 2 is 1.96 bits per heavy atom. The highest BCUT2D eigenvalue weighted by atomic mass is 127. The number of carbonyl (C=O) groups is 1. The Bertz CT molecular complexity index is 817. The van der Waals surface area contributed by atoms with Gasteiger partial charge in [-0.3, -0.25) is 9.48 Å².